The maximum absolute atomic E-state index is 13.1. The highest BCUT2D eigenvalue weighted by Gasteiger charge is 2.51. The van der Waals surface area contributed by atoms with E-state index in [4.69, 9.17) is 21.1 Å². The molecular weight excluding hydrogens is 380 g/mol. The average molecular weight is 402 g/mol. The van der Waals surface area contributed by atoms with Gasteiger partial charge in [0.2, 0.25) is 0 Å². The lowest BCUT2D eigenvalue weighted by molar-refractivity contribution is -0.162. The number of carboxylic acids is 1. The topological polar surface area (TPSA) is 59.0 Å². The lowest BCUT2D eigenvalue weighted by Gasteiger charge is -2.47. The van der Waals surface area contributed by atoms with Crippen LogP contribution in [0.15, 0.2) is 6.07 Å². The predicted octanol–water partition coefficient (Wildman–Crippen LogP) is 4.34. The molecule has 3 aliphatic rings. The number of hydrogen-bond donors (Lipinski definition) is 1. The fourth-order valence-electron chi connectivity index (χ4n) is 4.51. The predicted molar refractivity (Wildman–Crippen MR) is 95.1 cm³/mol. The Morgan fingerprint density at radius 1 is 1.22 bits per heavy atom. The molecule has 2 fully saturated rings. The van der Waals surface area contributed by atoms with Crippen LogP contribution in [-0.4, -0.2) is 46.8 Å². The van der Waals surface area contributed by atoms with Crippen molar-refractivity contribution in [2.24, 2.45) is 5.92 Å². The molecule has 1 aliphatic carbocycles. The standard InChI is InChI=1S/C19H22ClF2NO4/c1-10-13(17(24)25)7-14(20)16-15(10)26-18(2,27-16)11-3-5-12(6-4-11)23-8-19(21,22)9-23/h7,11-12H,3-6,8-9H2,1-2H3,(H,24,25). The van der Waals surface area contributed by atoms with Crippen molar-refractivity contribution in [1.82, 2.24) is 4.90 Å². The normalized spacial score (nSPS) is 32.2. The molecule has 2 heterocycles. The van der Waals surface area contributed by atoms with Gasteiger partial charge in [-0.25, -0.2) is 13.6 Å². The molecule has 8 heteroatoms. The zero-order valence-corrected chi connectivity index (χ0v) is 16.0. The maximum Gasteiger partial charge on any atom is 0.336 e. The molecule has 2 aliphatic heterocycles. The van der Waals surface area contributed by atoms with E-state index in [0.29, 0.717) is 17.1 Å². The third-order valence-electron chi connectivity index (χ3n) is 6.10. The summed E-state index contributed by atoms with van der Waals surface area (Å²) in [5.74, 6) is -3.71. The number of alkyl halides is 2. The summed E-state index contributed by atoms with van der Waals surface area (Å²) >= 11 is 6.23. The number of benzene rings is 1. The average Bonchev–Trinajstić information content (AvgIpc) is 2.96. The van der Waals surface area contributed by atoms with Crippen LogP contribution >= 0.6 is 11.6 Å². The first-order valence-corrected chi connectivity index (χ1v) is 9.54. The first-order valence-electron chi connectivity index (χ1n) is 9.16. The van der Waals surface area contributed by atoms with Crippen molar-refractivity contribution in [2.75, 3.05) is 13.1 Å². The highest BCUT2D eigenvalue weighted by atomic mass is 35.5. The number of rotatable bonds is 3. The highest BCUT2D eigenvalue weighted by Crippen LogP contribution is 2.52. The molecule has 27 heavy (non-hydrogen) atoms. The third-order valence-corrected chi connectivity index (χ3v) is 6.38. The smallest absolute Gasteiger partial charge is 0.336 e. The van der Waals surface area contributed by atoms with E-state index in [9.17, 15) is 18.7 Å². The van der Waals surface area contributed by atoms with Crippen LogP contribution < -0.4 is 9.47 Å². The maximum atomic E-state index is 13.1. The molecule has 0 spiro atoms. The third kappa shape index (κ3) is 3.14. The highest BCUT2D eigenvalue weighted by molar-refractivity contribution is 6.32. The summed E-state index contributed by atoms with van der Waals surface area (Å²) in [6, 6.07) is 1.56. The largest absolute Gasteiger partial charge is 0.478 e. The van der Waals surface area contributed by atoms with Crippen molar-refractivity contribution >= 4 is 17.6 Å². The summed E-state index contributed by atoms with van der Waals surface area (Å²) in [6.07, 6.45) is 3.21. The van der Waals surface area contributed by atoms with E-state index >= 15 is 0 Å². The van der Waals surface area contributed by atoms with Gasteiger partial charge in [0.05, 0.1) is 23.7 Å². The van der Waals surface area contributed by atoms with E-state index in [2.05, 4.69) is 0 Å². The van der Waals surface area contributed by atoms with Gasteiger partial charge in [0, 0.05) is 24.4 Å². The Bertz CT molecular complexity index is 786. The fraction of sp³-hybridized carbons (Fsp3) is 0.632. The number of aromatic carboxylic acids is 1. The first-order chi connectivity index (χ1) is 12.6. The minimum Gasteiger partial charge on any atom is -0.478 e. The monoisotopic (exact) mass is 401 g/mol. The Morgan fingerprint density at radius 2 is 1.81 bits per heavy atom. The molecule has 1 unspecified atom stereocenters. The Labute approximate surface area is 161 Å². The van der Waals surface area contributed by atoms with E-state index < -0.39 is 17.7 Å². The first kappa shape index (κ1) is 18.7. The molecule has 0 bridgehead atoms. The Kier molecular flexibility index (Phi) is 4.31. The van der Waals surface area contributed by atoms with Crippen molar-refractivity contribution in [3.05, 3.63) is 22.2 Å². The summed E-state index contributed by atoms with van der Waals surface area (Å²) in [4.78, 5) is 13.3. The number of likely N-dealkylation sites (tertiary alicyclic amines) is 1. The van der Waals surface area contributed by atoms with Crippen molar-refractivity contribution < 1.29 is 28.2 Å². The van der Waals surface area contributed by atoms with Gasteiger partial charge in [-0.1, -0.05) is 11.6 Å². The number of nitrogens with zero attached hydrogens (tertiary/aromatic N) is 1. The summed E-state index contributed by atoms with van der Waals surface area (Å²) < 4.78 is 38.4. The fourth-order valence-corrected chi connectivity index (χ4v) is 4.74. The van der Waals surface area contributed by atoms with E-state index in [0.717, 1.165) is 25.7 Å². The van der Waals surface area contributed by atoms with Gasteiger partial charge in [0.15, 0.2) is 11.5 Å². The molecule has 1 aromatic rings. The molecule has 0 radical (unpaired) electrons. The van der Waals surface area contributed by atoms with Crippen molar-refractivity contribution in [3.63, 3.8) is 0 Å². The van der Waals surface area contributed by atoms with E-state index in [1.165, 1.54) is 6.07 Å². The van der Waals surface area contributed by atoms with E-state index in [1.807, 2.05) is 11.8 Å². The van der Waals surface area contributed by atoms with Gasteiger partial charge in [0.1, 0.15) is 0 Å². The number of carboxylic acid groups (broad SMARTS) is 1. The van der Waals surface area contributed by atoms with Gasteiger partial charge >= 0.3 is 5.97 Å². The Morgan fingerprint density at radius 3 is 2.37 bits per heavy atom. The summed E-state index contributed by atoms with van der Waals surface area (Å²) in [7, 11) is 0. The minimum absolute atomic E-state index is 0.0756. The zero-order valence-electron chi connectivity index (χ0n) is 15.2. The van der Waals surface area contributed by atoms with Crippen LogP contribution in [0.1, 0.15) is 48.5 Å². The Hall–Kier alpha value is -1.60. The minimum atomic E-state index is -2.54. The molecule has 1 saturated carbocycles. The van der Waals surface area contributed by atoms with Gasteiger partial charge in [-0.3, -0.25) is 4.90 Å². The van der Waals surface area contributed by atoms with Crippen molar-refractivity contribution in [1.29, 1.82) is 0 Å². The van der Waals surface area contributed by atoms with Crippen LogP contribution in [0.25, 0.3) is 0 Å². The molecule has 1 atom stereocenters. The Balaban J connectivity index is 1.47. The number of halogens is 3. The lowest BCUT2D eigenvalue weighted by atomic mass is 9.80. The van der Waals surface area contributed by atoms with Crippen molar-refractivity contribution in [3.8, 4) is 11.5 Å². The van der Waals surface area contributed by atoms with Gasteiger partial charge in [-0.15, -0.1) is 0 Å². The second kappa shape index (κ2) is 6.21. The molecule has 1 aromatic carbocycles. The second-order valence-corrected chi connectivity index (χ2v) is 8.39. The molecule has 4 rings (SSSR count). The SMILES string of the molecule is Cc1c(C(=O)O)cc(Cl)c2c1OC(C)(C1CCC(N3CC(F)(F)C3)CC1)O2. The van der Waals surface area contributed by atoms with Gasteiger partial charge in [0.25, 0.3) is 11.7 Å². The number of ether oxygens (including phenoxy) is 2. The number of fused-ring (bicyclic) bond motifs is 1. The van der Waals surface area contributed by atoms with Crippen LogP contribution in [0, 0.1) is 12.8 Å². The summed E-state index contributed by atoms with van der Waals surface area (Å²) in [6.45, 7) is 3.22. The molecule has 0 aromatic heterocycles. The molecule has 148 valence electrons. The second-order valence-electron chi connectivity index (χ2n) is 7.98. The molecular formula is C19H22ClF2NO4. The van der Waals surface area contributed by atoms with Crippen LogP contribution in [0.5, 0.6) is 11.5 Å². The number of carbonyl (C=O) groups is 1. The van der Waals surface area contributed by atoms with Gasteiger partial charge in [-0.05, 0) is 38.7 Å². The van der Waals surface area contributed by atoms with Gasteiger partial charge < -0.3 is 14.6 Å². The molecule has 0 amide bonds. The van der Waals surface area contributed by atoms with Crippen LogP contribution in [0.2, 0.25) is 5.02 Å². The van der Waals surface area contributed by atoms with E-state index in [1.54, 1.807) is 6.92 Å². The molecule has 1 saturated heterocycles. The molecule has 5 nitrogen and oxygen atoms in total. The number of hydrogen-bond acceptors (Lipinski definition) is 4. The molecule has 1 N–H and O–H groups in total. The quantitative estimate of drug-likeness (QED) is 0.816. The van der Waals surface area contributed by atoms with Crippen molar-refractivity contribution in [2.45, 2.75) is 57.3 Å². The summed E-state index contributed by atoms with van der Waals surface area (Å²) in [5.41, 5.74) is 0.580. The summed E-state index contributed by atoms with van der Waals surface area (Å²) in [5, 5.41) is 9.55. The van der Waals surface area contributed by atoms with Crippen LogP contribution in [0.4, 0.5) is 8.78 Å². The zero-order chi connectivity index (χ0) is 19.6. The lowest BCUT2D eigenvalue weighted by Crippen LogP contribution is -2.61. The van der Waals surface area contributed by atoms with Crippen LogP contribution in [0.3, 0.4) is 0 Å². The van der Waals surface area contributed by atoms with Crippen LogP contribution in [-0.2, 0) is 0 Å². The van der Waals surface area contributed by atoms with Gasteiger partial charge in [-0.2, -0.15) is 0 Å². The van der Waals surface area contributed by atoms with E-state index in [-0.39, 0.29) is 35.6 Å².